The second kappa shape index (κ2) is 9.96. The Morgan fingerprint density at radius 1 is 1.00 bits per heavy atom. The van der Waals surface area contributed by atoms with Crippen molar-refractivity contribution >= 4 is 34.2 Å². The summed E-state index contributed by atoms with van der Waals surface area (Å²) in [5.41, 5.74) is 4.42. The molecule has 2 saturated heterocycles. The molecule has 3 fully saturated rings. The number of likely N-dealkylation sites (tertiary alicyclic amines) is 2. The number of hydroxylamine groups is 1. The van der Waals surface area contributed by atoms with E-state index < -0.39 is 5.60 Å². The Morgan fingerprint density at radius 2 is 1.65 bits per heavy atom. The molecular formula is C27H37N7O3. The molecule has 1 saturated carbocycles. The third kappa shape index (κ3) is 4.24. The summed E-state index contributed by atoms with van der Waals surface area (Å²) < 4.78 is 1.89. The maximum atomic E-state index is 13.8. The van der Waals surface area contributed by atoms with Crippen LogP contribution in [0.1, 0.15) is 70.3 Å². The Kier molecular flexibility index (Phi) is 6.52. The van der Waals surface area contributed by atoms with Crippen LogP contribution in [0.25, 0.3) is 16.7 Å². The molecule has 0 radical (unpaired) electrons. The molecular weight excluding hydrogens is 470 g/mol. The highest BCUT2D eigenvalue weighted by molar-refractivity contribution is 6.13. The highest BCUT2D eigenvalue weighted by Crippen LogP contribution is 2.38. The number of hydrogen-bond donors (Lipinski definition) is 2. The van der Waals surface area contributed by atoms with Gasteiger partial charge in [0, 0.05) is 50.5 Å². The lowest BCUT2D eigenvalue weighted by Crippen LogP contribution is -2.58. The molecule has 5 heterocycles. The number of fused-ring (bicyclic) bond motifs is 1. The average molecular weight is 508 g/mol. The van der Waals surface area contributed by atoms with Crippen molar-refractivity contribution in [3.8, 4) is 0 Å². The molecule has 2 amide bonds. The molecule has 0 unspecified atom stereocenters. The van der Waals surface area contributed by atoms with Crippen LogP contribution in [0.5, 0.6) is 0 Å². The molecule has 37 heavy (non-hydrogen) atoms. The molecule has 10 heteroatoms. The van der Waals surface area contributed by atoms with Crippen molar-refractivity contribution in [1.29, 1.82) is 0 Å². The van der Waals surface area contributed by atoms with Crippen molar-refractivity contribution in [2.45, 2.75) is 82.9 Å². The van der Waals surface area contributed by atoms with Crippen LogP contribution < -0.4 is 10.8 Å². The smallest absolute Gasteiger partial charge is 0.272 e. The number of anilines is 1. The molecule has 2 aromatic heterocycles. The maximum Gasteiger partial charge on any atom is 0.272 e. The van der Waals surface area contributed by atoms with Gasteiger partial charge in [-0.05, 0) is 51.5 Å². The second-order valence-electron chi connectivity index (χ2n) is 10.7. The second-order valence-corrected chi connectivity index (χ2v) is 10.7. The quantitative estimate of drug-likeness (QED) is 0.579. The van der Waals surface area contributed by atoms with Crippen molar-refractivity contribution in [1.82, 2.24) is 30.0 Å². The number of rotatable bonds is 6. The average Bonchev–Trinajstić information content (AvgIpc) is 3.75. The van der Waals surface area contributed by atoms with Crippen molar-refractivity contribution in [2.24, 2.45) is 0 Å². The molecule has 198 valence electrons. The van der Waals surface area contributed by atoms with Gasteiger partial charge >= 0.3 is 0 Å². The highest BCUT2D eigenvalue weighted by Gasteiger charge is 2.54. The molecule has 2 N–H and O–H groups in total. The molecule has 10 nitrogen and oxygen atoms in total. The molecule has 0 aromatic carbocycles. The summed E-state index contributed by atoms with van der Waals surface area (Å²) in [6, 6.07) is 0.355. The lowest BCUT2D eigenvalue weighted by atomic mass is 9.94. The maximum absolute atomic E-state index is 13.8. The van der Waals surface area contributed by atoms with Gasteiger partial charge in [-0.1, -0.05) is 19.3 Å². The Balaban J connectivity index is 1.43. The molecule has 0 bridgehead atoms. The zero-order valence-corrected chi connectivity index (χ0v) is 21.7. The standard InChI is InChI=1S/C27H37N7O3/c1-2-34-24-21(18-29-34)23(30-19-10-4-3-5-11-19)20(17-28-24)22-16-27(37-31-22,25(35)32-12-6-7-13-32)26(36)33-14-8-9-15-33/h16-19,31H,2-15H2,1H3,(H,28,30). The van der Waals surface area contributed by atoms with E-state index in [-0.39, 0.29) is 11.8 Å². The van der Waals surface area contributed by atoms with Crippen LogP contribution in [-0.4, -0.2) is 74.2 Å². The summed E-state index contributed by atoms with van der Waals surface area (Å²) in [6.07, 6.45) is 15.0. The first-order valence-electron chi connectivity index (χ1n) is 14.0. The van der Waals surface area contributed by atoms with E-state index in [1.54, 1.807) is 22.1 Å². The van der Waals surface area contributed by atoms with Crippen molar-refractivity contribution < 1.29 is 14.4 Å². The Hall–Kier alpha value is -3.14. The lowest BCUT2D eigenvalue weighted by Gasteiger charge is -2.31. The third-order valence-electron chi connectivity index (χ3n) is 8.30. The van der Waals surface area contributed by atoms with Gasteiger partial charge in [0.1, 0.15) is 0 Å². The zero-order chi connectivity index (χ0) is 25.4. The molecule has 1 aliphatic carbocycles. The van der Waals surface area contributed by atoms with Gasteiger partial charge in [-0.3, -0.25) is 15.1 Å². The van der Waals surface area contributed by atoms with Crippen LogP contribution in [0.2, 0.25) is 0 Å². The van der Waals surface area contributed by atoms with E-state index in [9.17, 15) is 9.59 Å². The fourth-order valence-electron chi connectivity index (χ4n) is 6.21. The van der Waals surface area contributed by atoms with Crippen molar-refractivity contribution in [3.05, 3.63) is 24.0 Å². The fourth-order valence-corrected chi connectivity index (χ4v) is 6.21. The van der Waals surface area contributed by atoms with Gasteiger partial charge in [-0.15, -0.1) is 0 Å². The summed E-state index contributed by atoms with van der Waals surface area (Å²) in [4.78, 5) is 42.0. The van der Waals surface area contributed by atoms with Gasteiger partial charge < -0.3 is 15.1 Å². The number of carbonyl (C=O) groups excluding carboxylic acids is 2. The molecule has 2 aromatic rings. The summed E-state index contributed by atoms with van der Waals surface area (Å²) in [5.74, 6) is -0.557. The minimum atomic E-state index is -1.70. The molecule has 4 aliphatic rings. The van der Waals surface area contributed by atoms with Crippen LogP contribution in [0, 0.1) is 0 Å². The number of nitrogens with one attached hydrogen (secondary N) is 2. The van der Waals surface area contributed by atoms with Crippen LogP contribution in [0.3, 0.4) is 0 Å². The number of hydrogen-bond acceptors (Lipinski definition) is 7. The number of pyridine rings is 1. The fraction of sp³-hybridized carbons (Fsp3) is 0.630. The van der Waals surface area contributed by atoms with E-state index in [0.717, 1.165) is 67.4 Å². The Morgan fingerprint density at radius 3 is 2.27 bits per heavy atom. The normalized spacial score (nSPS) is 21.9. The first kappa shape index (κ1) is 24.2. The monoisotopic (exact) mass is 507 g/mol. The number of carbonyl (C=O) groups is 2. The molecule has 3 aliphatic heterocycles. The van der Waals surface area contributed by atoms with Gasteiger partial charge in [0.25, 0.3) is 17.4 Å². The van der Waals surface area contributed by atoms with Gasteiger partial charge in [-0.25, -0.2) is 14.5 Å². The Bertz CT molecular complexity index is 1180. The van der Waals surface area contributed by atoms with Gasteiger partial charge in [0.15, 0.2) is 5.65 Å². The van der Waals surface area contributed by atoms with Gasteiger partial charge in [-0.2, -0.15) is 5.10 Å². The largest absolute Gasteiger partial charge is 0.381 e. The van der Waals surface area contributed by atoms with Crippen LogP contribution in [0.15, 0.2) is 18.5 Å². The van der Waals surface area contributed by atoms with E-state index in [1.165, 1.54) is 19.3 Å². The summed E-state index contributed by atoms with van der Waals surface area (Å²) in [7, 11) is 0. The summed E-state index contributed by atoms with van der Waals surface area (Å²) in [5, 5.41) is 9.26. The SMILES string of the molecule is CCn1ncc2c(NC3CCCCC3)c(C3=CC(C(=O)N4CCCC4)(C(=O)N4CCCC4)ON3)cnc21. The van der Waals surface area contributed by atoms with E-state index >= 15 is 0 Å². The molecule has 0 spiro atoms. The summed E-state index contributed by atoms with van der Waals surface area (Å²) in [6.45, 7) is 5.38. The highest BCUT2D eigenvalue weighted by atomic mass is 16.7. The Labute approximate surface area is 217 Å². The van der Waals surface area contributed by atoms with Crippen molar-refractivity contribution in [3.63, 3.8) is 0 Å². The molecule has 6 rings (SSSR count). The predicted octanol–water partition coefficient (Wildman–Crippen LogP) is 3.06. The number of aryl methyl sites for hydroxylation is 1. The van der Waals surface area contributed by atoms with Crippen molar-refractivity contribution in [2.75, 3.05) is 31.5 Å². The predicted molar refractivity (Wildman–Crippen MR) is 140 cm³/mol. The third-order valence-corrected chi connectivity index (χ3v) is 8.30. The zero-order valence-electron chi connectivity index (χ0n) is 21.7. The van der Waals surface area contributed by atoms with Crippen LogP contribution in [-0.2, 0) is 21.0 Å². The topological polar surface area (TPSA) is 105 Å². The lowest BCUT2D eigenvalue weighted by molar-refractivity contribution is -0.169. The van der Waals surface area contributed by atoms with E-state index in [2.05, 4.69) is 15.9 Å². The number of nitrogens with zero attached hydrogens (tertiary/aromatic N) is 5. The van der Waals surface area contributed by atoms with Gasteiger partial charge in [0.2, 0.25) is 0 Å². The number of amides is 2. The summed E-state index contributed by atoms with van der Waals surface area (Å²) >= 11 is 0. The van der Waals surface area contributed by atoms with Crippen LogP contribution in [0.4, 0.5) is 5.69 Å². The first-order chi connectivity index (χ1) is 18.1. The minimum absolute atomic E-state index is 0.279. The number of aromatic nitrogens is 3. The molecule has 0 atom stereocenters. The minimum Gasteiger partial charge on any atom is -0.381 e. The van der Waals surface area contributed by atoms with E-state index in [0.29, 0.717) is 37.9 Å². The first-order valence-corrected chi connectivity index (χ1v) is 14.0. The van der Waals surface area contributed by atoms with E-state index in [4.69, 9.17) is 9.82 Å². The van der Waals surface area contributed by atoms with Gasteiger partial charge in [0.05, 0.1) is 23.0 Å². The van der Waals surface area contributed by atoms with E-state index in [1.807, 2.05) is 17.8 Å². The van der Waals surface area contributed by atoms with Crippen LogP contribution >= 0.6 is 0 Å².